The molecule has 2 heterocycles. The van der Waals surface area contributed by atoms with Gasteiger partial charge in [0.25, 0.3) is 0 Å². The maximum atomic E-state index is 12.2. The average molecular weight is 434 g/mol. The van der Waals surface area contributed by atoms with E-state index in [1.807, 2.05) is 12.1 Å². The van der Waals surface area contributed by atoms with Crippen molar-refractivity contribution in [3.05, 3.63) is 30.2 Å². The Bertz CT molecular complexity index is 618. The molecule has 0 aromatic carbocycles. The van der Waals surface area contributed by atoms with E-state index >= 15 is 0 Å². The highest BCUT2D eigenvalue weighted by Crippen LogP contribution is 2.35. The predicted octanol–water partition coefficient (Wildman–Crippen LogP) is 2.88. The maximum Gasteiger partial charge on any atom is 0.242 e. The molecule has 8 heteroatoms. The lowest BCUT2D eigenvalue weighted by atomic mass is 10.3. The molecule has 2 rings (SSSR count). The Morgan fingerprint density at radius 3 is 2.81 bits per heavy atom. The minimum Gasteiger partial charge on any atom is -0.304 e. The molecule has 0 aliphatic rings. The van der Waals surface area contributed by atoms with Crippen LogP contribution in [0.3, 0.4) is 0 Å². The third-order valence-corrected chi connectivity index (χ3v) is 4.84. The van der Waals surface area contributed by atoms with Gasteiger partial charge in [-0.3, -0.25) is 9.78 Å². The lowest BCUT2D eigenvalue weighted by Crippen LogP contribution is -2.33. The van der Waals surface area contributed by atoms with Gasteiger partial charge in [0.1, 0.15) is 10.0 Å². The molecule has 2 aromatic rings. The smallest absolute Gasteiger partial charge is 0.242 e. The molecule has 0 unspecified atom stereocenters. The van der Waals surface area contributed by atoms with E-state index in [1.54, 1.807) is 35.7 Å². The molecule has 0 fully saturated rings. The number of thiol groups is 1. The summed E-state index contributed by atoms with van der Waals surface area (Å²) in [6.07, 6.45) is 3.51. The number of halogens is 1. The van der Waals surface area contributed by atoms with Gasteiger partial charge in [-0.15, -0.1) is 0 Å². The van der Waals surface area contributed by atoms with Gasteiger partial charge < -0.3 is 4.90 Å². The molecule has 21 heavy (non-hydrogen) atoms. The Morgan fingerprint density at radius 2 is 2.24 bits per heavy atom. The van der Waals surface area contributed by atoms with Crippen molar-refractivity contribution in [3.63, 3.8) is 0 Å². The summed E-state index contributed by atoms with van der Waals surface area (Å²) in [5.41, 5.74) is 1.88. The van der Waals surface area contributed by atoms with Gasteiger partial charge in [0.15, 0.2) is 0 Å². The molecule has 0 aliphatic carbocycles. The van der Waals surface area contributed by atoms with E-state index in [1.165, 1.54) is 11.3 Å². The van der Waals surface area contributed by atoms with E-state index in [2.05, 4.69) is 45.4 Å². The fourth-order valence-electron chi connectivity index (χ4n) is 1.72. The van der Waals surface area contributed by atoms with E-state index in [4.69, 9.17) is 0 Å². The summed E-state index contributed by atoms with van der Waals surface area (Å²) in [6, 6.07) is 3.85. The summed E-state index contributed by atoms with van der Waals surface area (Å²) >= 11 is 7.88. The van der Waals surface area contributed by atoms with Crippen LogP contribution in [-0.2, 0) is 9.22 Å². The number of alkyl halides is 1. The van der Waals surface area contributed by atoms with Crippen molar-refractivity contribution in [1.82, 2.24) is 14.3 Å². The summed E-state index contributed by atoms with van der Waals surface area (Å²) in [6.45, 7) is 0.250. The van der Waals surface area contributed by atoms with Crippen LogP contribution in [0.5, 0.6) is 0 Å². The number of carbonyl (C=O) groups is 1. The highest BCUT2D eigenvalue weighted by atomic mass is 127. The van der Waals surface area contributed by atoms with E-state index in [-0.39, 0.29) is 12.5 Å². The molecule has 0 saturated heterocycles. The van der Waals surface area contributed by atoms with Gasteiger partial charge in [-0.2, -0.15) is 0 Å². The van der Waals surface area contributed by atoms with Crippen LogP contribution in [0.25, 0.3) is 10.6 Å². The number of hydrogen-bond acceptors (Lipinski definition) is 6. The van der Waals surface area contributed by atoms with Crippen LogP contribution in [0.15, 0.2) is 24.5 Å². The number of amides is 1. The Kier molecular flexibility index (Phi) is 5.97. The fraction of sp³-hybridized carbons (Fsp3) is 0.308. The van der Waals surface area contributed by atoms with Crippen molar-refractivity contribution in [2.24, 2.45) is 0 Å². The average Bonchev–Trinajstić information content (AvgIpc) is 2.90. The molecule has 0 atom stereocenters. The van der Waals surface area contributed by atoms with E-state index in [0.717, 1.165) is 25.7 Å². The largest absolute Gasteiger partial charge is 0.304 e. The molecule has 0 bridgehead atoms. The Hall–Kier alpha value is -0.710. The van der Waals surface area contributed by atoms with Crippen LogP contribution in [0.4, 0.5) is 5.00 Å². The molecular weight excluding hydrogens is 419 g/mol. The predicted molar refractivity (Wildman–Crippen MR) is 98.1 cm³/mol. The second kappa shape index (κ2) is 7.52. The van der Waals surface area contributed by atoms with Crippen LogP contribution in [0.2, 0.25) is 0 Å². The lowest BCUT2D eigenvalue weighted by Gasteiger charge is -2.18. The first kappa shape index (κ1) is 16.7. The molecule has 0 spiro atoms. The molecule has 0 N–H and O–H groups in total. The number of thiazole rings is 1. The summed E-state index contributed by atoms with van der Waals surface area (Å²) in [5.74, 6) is -0.0139. The van der Waals surface area contributed by atoms with Gasteiger partial charge in [-0.25, -0.2) is 9.29 Å². The van der Waals surface area contributed by atoms with Gasteiger partial charge in [0, 0.05) is 29.4 Å². The van der Waals surface area contributed by atoms with E-state index in [0.29, 0.717) is 0 Å². The summed E-state index contributed by atoms with van der Waals surface area (Å²) < 4.78 is 2.31. The highest BCUT2D eigenvalue weighted by Gasteiger charge is 2.20. The monoisotopic (exact) mass is 434 g/mol. The zero-order valence-corrected chi connectivity index (χ0v) is 15.5. The second-order valence-corrected chi connectivity index (χ2v) is 6.84. The van der Waals surface area contributed by atoms with Crippen molar-refractivity contribution in [1.29, 1.82) is 0 Å². The number of rotatable bonds is 5. The van der Waals surface area contributed by atoms with Crippen LogP contribution in [-0.4, -0.2) is 40.8 Å². The summed E-state index contributed by atoms with van der Waals surface area (Å²) in [4.78, 5) is 22.6. The topological polar surface area (TPSA) is 49.3 Å². The van der Waals surface area contributed by atoms with E-state index < -0.39 is 0 Å². The molecule has 112 valence electrons. The Labute approximate surface area is 147 Å². The van der Waals surface area contributed by atoms with Crippen molar-refractivity contribution < 1.29 is 4.79 Å². The number of anilines is 1. The van der Waals surface area contributed by atoms with Crippen LogP contribution < -0.4 is 4.90 Å². The quantitative estimate of drug-likeness (QED) is 0.447. The Morgan fingerprint density at radius 1 is 1.48 bits per heavy atom. The maximum absolute atomic E-state index is 12.2. The first-order valence-corrected chi connectivity index (χ1v) is 8.89. The van der Waals surface area contributed by atoms with Gasteiger partial charge in [0.05, 0.1) is 12.2 Å². The zero-order valence-electron chi connectivity index (χ0n) is 11.7. The molecule has 0 aliphatic heterocycles. The SMILES string of the molecule is CN(S)CC(=O)N(C)c1sc(-c2cccnc2)nc1CI. The van der Waals surface area contributed by atoms with Gasteiger partial charge in [-0.05, 0) is 19.2 Å². The van der Waals surface area contributed by atoms with Crippen LogP contribution in [0.1, 0.15) is 5.69 Å². The second-order valence-electron chi connectivity index (χ2n) is 4.41. The van der Waals surface area contributed by atoms with Gasteiger partial charge >= 0.3 is 0 Å². The first-order valence-electron chi connectivity index (χ1n) is 6.15. The number of nitrogens with zero attached hydrogens (tertiary/aromatic N) is 4. The Balaban J connectivity index is 2.31. The number of hydrogen-bond donors (Lipinski definition) is 1. The number of carbonyl (C=O) groups excluding carboxylic acids is 1. The first-order chi connectivity index (χ1) is 10.0. The molecule has 1 amide bonds. The molecule has 0 saturated carbocycles. The lowest BCUT2D eigenvalue weighted by molar-refractivity contribution is -0.118. The third-order valence-electron chi connectivity index (χ3n) is 2.75. The summed E-state index contributed by atoms with van der Waals surface area (Å²) in [5, 5.41) is 1.76. The van der Waals surface area contributed by atoms with Crippen molar-refractivity contribution in [2.75, 3.05) is 25.5 Å². The fourth-order valence-corrected chi connectivity index (χ4v) is 3.68. The van der Waals surface area contributed by atoms with Gasteiger partial charge in [-0.1, -0.05) is 46.7 Å². The number of pyridine rings is 1. The van der Waals surface area contributed by atoms with E-state index in [9.17, 15) is 4.79 Å². The van der Waals surface area contributed by atoms with Crippen molar-refractivity contribution in [2.45, 2.75) is 4.43 Å². The molecular formula is C13H15IN4OS2. The van der Waals surface area contributed by atoms with Crippen LogP contribution >= 0.6 is 46.7 Å². The van der Waals surface area contributed by atoms with Crippen molar-refractivity contribution in [3.8, 4) is 10.6 Å². The standard InChI is InChI=1S/C13H15IN4OS2/c1-17(20)8-11(19)18(2)13-10(6-14)16-12(21-13)9-4-3-5-15-7-9/h3-5,7,20H,6,8H2,1-2H3. The van der Waals surface area contributed by atoms with Crippen molar-refractivity contribution >= 4 is 57.7 Å². The highest BCUT2D eigenvalue weighted by molar-refractivity contribution is 14.1. The summed E-state index contributed by atoms with van der Waals surface area (Å²) in [7, 11) is 3.53. The molecule has 5 nitrogen and oxygen atoms in total. The third kappa shape index (κ3) is 4.15. The molecule has 2 aromatic heterocycles. The molecule has 0 radical (unpaired) electrons. The van der Waals surface area contributed by atoms with Gasteiger partial charge in [0.2, 0.25) is 5.91 Å². The van der Waals surface area contributed by atoms with Crippen LogP contribution in [0, 0.1) is 0 Å². The number of likely N-dealkylation sites (N-methyl/N-ethyl adjacent to an activating group) is 2. The zero-order chi connectivity index (χ0) is 15.4. The minimum atomic E-state index is -0.0139. The normalized spacial score (nSPS) is 10.9. The number of aromatic nitrogens is 2. The minimum absolute atomic E-state index is 0.0139.